The van der Waals surface area contributed by atoms with Crippen LogP contribution in [-0.4, -0.2) is 48.0 Å². The summed E-state index contributed by atoms with van der Waals surface area (Å²) in [4.78, 5) is 19.0. The zero-order chi connectivity index (χ0) is 21.9. The maximum Gasteiger partial charge on any atom is 0.275 e. The Balaban J connectivity index is 1.38. The van der Waals surface area contributed by atoms with Gasteiger partial charge in [0.15, 0.2) is 0 Å². The summed E-state index contributed by atoms with van der Waals surface area (Å²) in [6, 6.07) is 20.1. The van der Waals surface area contributed by atoms with Crippen molar-refractivity contribution in [3.8, 4) is 16.3 Å². The Morgan fingerprint density at radius 2 is 1.75 bits per heavy atom. The standard InChI is InChI=1S/C25H26N4O2S/c1-31-20-11-9-19(10-12-20)28-14-5-13-27(15-16-28)18-29-25(30)22-7-3-2-6-21(22)24(26-29)23-8-4-17-32-23/h2-4,6-12,17H,5,13-16,18H2,1H3. The largest absolute Gasteiger partial charge is 0.497 e. The lowest BCUT2D eigenvalue weighted by Crippen LogP contribution is -2.36. The number of thiophene rings is 1. The molecule has 3 heterocycles. The van der Waals surface area contributed by atoms with Gasteiger partial charge in [0.25, 0.3) is 5.56 Å². The highest BCUT2D eigenvalue weighted by molar-refractivity contribution is 7.13. The molecule has 164 valence electrons. The molecule has 0 radical (unpaired) electrons. The molecule has 2 aromatic carbocycles. The second-order valence-corrected chi connectivity index (χ2v) is 8.92. The summed E-state index contributed by atoms with van der Waals surface area (Å²) < 4.78 is 6.92. The van der Waals surface area contributed by atoms with Crippen molar-refractivity contribution in [1.29, 1.82) is 0 Å². The monoisotopic (exact) mass is 446 g/mol. The Kier molecular flexibility index (Phi) is 5.92. The van der Waals surface area contributed by atoms with E-state index in [9.17, 15) is 4.79 Å². The van der Waals surface area contributed by atoms with Gasteiger partial charge < -0.3 is 9.64 Å². The van der Waals surface area contributed by atoms with Crippen LogP contribution in [0, 0.1) is 0 Å². The minimum absolute atomic E-state index is 0.0304. The van der Waals surface area contributed by atoms with Gasteiger partial charge in [0.05, 0.1) is 24.0 Å². The summed E-state index contributed by atoms with van der Waals surface area (Å²) in [5.41, 5.74) is 2.05. The van der Waals surface area contributed by atoms with E-state index in [4.69, 9.17) is 9.84 Å². The van der Waals surface area contributed by atoms with Gasteiger partial charge in [-0.25, -0.2) is 4.68 Å². The first-order valence-corrected chi connectivity index (χ1v) is 11.8. The smallest absolute Gasteiger partial charge is 0.275 e. The van der Waals surface area contributed by atoms with Crippen LogP contribution in [0.15, 0.2) is 70.8 Å². The van der Waals surface area contributed by atoms with Crippen molar-refractivity contribution in [3.05, 3.63) is 76.4 Å². The average Bonchev–Trinajstić information content (AvgIpc) is 3.27. The quantitative estimate of drug-likeness (QED) is 0.457. The summed E-state index contributed by atoms with van der Waals surface area (Å²) in [7, 11) is 1.69. The van der Waals surface area contributed by atoms with Gasteiger partial charge in [0, 0.05) is 37.3 Å². The van der Waals surface area contributed by atoms with E-state index >= 15 is 0 Å². The molecule has 0 atom stereocenters. The molecule has 0 saturated carbocycles. The predicted molar refractivity (Wildman–Crippen MR) is 131 cm³/mol. The van der Waals surface area contributed by atoms with Crippen LogP contribution in [0.3, 0.4) is 0 Å². The van der Waals surface area contributed by atoms with Crippen molar-refractivity contribution in [3.63, 3.8) is 0 Å². The third kappa shape index (κ3) is 4.13. The molecule has 4 aromatic rings. The van der Waals surface area contributed by atoms with E-state index in [1.807, 2.05) is 47.8 Å². The molecule has 1 saturated heterocycles. The maximum absolute atomic E-state index is 13.2. The number of fused-ring (bicyclic) bond motifs is 1. The summed E-state index contributed by atoms with van der Waals surface area (Å²) in [6.45, 7) is 4.21. The Labute approximate surface area is 191 Å². The SMILES string of the molecule is COc1ccc(N2CCCN(Cn3nc(-c4cccs4)c4ccccc4c3=O)CC2)cc1. The van der Waals surface area contributed by atoms with Gasteiger partial charge in [-0.3, -0.25) is 9.69 Å². The van der Waals surface area contributed by atoms with Crippen LogP contribution in [0.25, 0.3) is 21.3 Å². The summed E-state index contributed by atoms with van der Waals surface area (Å²) in [6.07, 6.45) is 1.03. The van der Waals surface area contributed by atoms with E-state index in [-0.39, 0.29) is 5.56 Å². The molecule has 0 spiro atoms. The molecule has 1 fully saturated rings. The Bertz CT molecular complexity index is 1250. The zero-order valence-corrected chi connectivity index (χ0v) is 18.9. The number of benzene rings is 2. The van der Waals surface area contributed by atoms with Gasteiger partial charge in [-0.15, -0.1) is 11.3 Å². The van der Waals surface area contributed by atoms with Crippen molar-refractivity contribution in [2.24, 2.45) is 0 Å². The third-order valence-corrected chi connectivity index (χ3v) is 6.86. The summed E-state index contributed by atoms with van der Waals surface area (Å²) >= 11 is 1.65. The molecule has 0 N–H and O–H groups in total. The lowest BCUT2D eigenvalue weighted by molar-refractivity contribution is 0.217. The number of hydrogen-bond acceptors (Lipinski definition) is 6. The second kappa shape index (κ2) is 9.14. The molecule has 5 rings (SSSR count). The molecular formula is C25H26N4O2S. The first-order valence-electron chi connectivity index (χ1n) is 10.9. The van der Waals surface area contributed by atoms with E-state index in [2.05, 4.69) is 28.0 Å². The lowest BCUT2D eigenvalue weighted by Gasteiger charge is -2.24. The molecule has 6 nitrogen and oxygen atoms in total. The molecule has 0 bridgehead atoms. The maximum atomic E-state index is 13.2. The molecule has 32 heavy (non-hydrogen) atoms. The number of anilines is 1. The van der Waals surface area contributed by atoms with Gasteiger partial charge >= 0.3 is 0 Å². The number of nitrogens with zero attached hydrogens (tertiary/aromatic N) is 4. The molecule has 0 aliphatic carbocycles. The number of rotatable bonds is 5. The Morgan fingerprint density at radius 3 is 2.50 bits per heavy atom. The van der Waals surface area contributed by atoms with Crippen LogP contribution in [0.1, 0.15) is 6.42 Å². The van der Waals surface area contributed by atoms with Crippen molar-refractivity contribution < 1.29 is 4.74 Å². The first-order chi connectivity index (χ1) is 15.7. The normalized spacial score (nSPS) is 15.1. The van der Waals surface area contributed by atoms with Crippen LogP contribution in [0.5, 0.6) is 5.75 Å². The van der Waals surface area contributed by atoms with E-state index in [1.165, 1.54) is 5.69 Å². The van der Waals surface area contributed by atoms with E-state index in [0.717, 1.165) is 59.7 Å². The van der Waals surface area contributed by atoms with Crippen LogP contribution in [0.4, 0.5) is 5.69 Å². The molecule has 0 amide bonds. The van der Waals surface area contributed by atoms with E-state index in [0.29, 0.717) is 6.67 Å². The Hall–Kier alpha value is -3.16. The van der Waals surface area contributed by atoms with Crippen LogP contribution in [0.2, 0.25) is 0 Å². The molecule has 2 aromatic heterocycles. The van der Waals surface area contributed by atoms with Crippen LogP contribution < -0.4 is 15.2 Å². The average molecular weight is 447 g/mol. The van der Waals surface area contributed by atoms with Crippen LogP contribution >= 0.6 is 11.3 Å². The molecular weight excluding hydrogens is 420 g/mol. The topological polar surface area (TPSA) is 50.6 Å². The Morgan fingerprint density at radius 1 is 0.938 bits per heavy atom. The first kappa shape index (κ1) is 20.7. The van der Waals surface area contributed by atoms with Gasteiger partial charge in [0.2, 0.25) is 0 Å². The number of methoxy groups -OCH3 is 1. The van der Waals surface area contributed by atoms with Crippen molar-refractivity contribution in [2.75, 3.05) is 38.2 Å². The summed E-state index contributed by atoms with van der Waals surface area (Å²) in [5.74, 6) is 0.869. The molecule has 7 heteroatoms. The molecule has 1 aliphatic rings. The highest BCUT2D eigenvalue weighted by atomic mass is 32.1. The third-order valence-electron chi connectivity index (χ3n) is 5.98. The van der Waals surface area contributed by atoms with Gasteiger partial charge in [0.1, 0.15) is 11.4 Å². The fraction of sp³-hybridized carbons (Fsp3) is 0.280. The van der Waals surface area contributed by atoms with E-state index < -0.39 is 0 Å². The fourth-order valence-electron chi connectivity index (χ4n) is 4.28. The number of hydrogen-bond donors (Lipinski definition) is 0. The molecule has 0 unspecified atom stereocenters. The van der Waals surface area contributed by atoms with Gasteiger partial charge in [-0.05, 0) is 48.2 Å². The van der Waals surface area contributed by atoms with Gasteiger partial charge in [-0.1, -0.05) is 24.3 Å². The minimum Gasteiger partial charge on any atom is -0.497 e. The van der Waals surface area contributed by atoms with Crippen molar-refractivity contribution in [1.82, 2.24) is 14.7 Å². The van der Waals surface area contributed by atoms with Crippen molar-refractivity contribution in [2.45, 2.75) is 13.1 Å². The minimum atomic E-state index is -0.0304. The van der Waals surface area contributed by atoms with Crippen LogP contribution in [-0.2, 0) is 6.67 Å². The second-order valence-electron chi connectivity index (χ2n) is 7.97. The fourth-order valence-corrected chi connectivity index (χ4v) is 5.00. The molecule has 1 aliphatic heterocycles. The predicted octanol–water partition coefficient (Wildman–Crippen LogP) is 4.30. The summed E-state index contributed by atoms with van der Waals surface area (Å²) in [5, 5.41) is 8.49. The van der Waals surface area contributed by atoms with Gasteiger partial charge in [-0.2, -0.15) is 5.10 Å². The number of ether oxygens (including phenoxy) is 1. The highest BCUT2D eigenvalue weighted by Gasteiger charge is 2.18. The zero-order valence-electron chi connectivity index (χ0n) is 18.1. The lowest BCUT2D eigenvalue weighted by atomic mass is 10.1. The van der Waals surface area contributed by atoms with Crippen molar-refractivity contribution >= 4 is 27.8 Å². The number of aromatic nitrogens is 2. The highest BCUT2D eigenvalue weighted by Crippen LogP contribution is 2.28. The van der Waals surface area contributed by atoms with E-state index in [1.54, 1.807) is 23.1 Å².